The lowest BCUT2D eigenvalue weighted by atomic mass is 9.89. The summed E-state index contributed by atoms with van der Waals surface area (Å²) in [4.78, 5) is 11.3. The predicted molar refractivity (Wildman–Crippen MR) is 123 cm³/mol. The molecule has 3 rings (SSSR count). The van der Waals surface area contributed by atoms with Crippen molar-refractivity contribution in [2.24, 2.45) is 0 Å². The maximum atomic E-state index is 12.1. The van der Waals surface area contributed by atoms with Gasteiger partial charge in [0.1, 0.15) is 15.5 Å². The fourth-order valence-electron chi connectivity index (χ4n) is 3.82. The van der Waals surface area contributed by atoms with Crippen LogP contribution >= 0.6 is 0 Å². The molecule has 0 unspecified atom stereocenters. The third kappa shape index (κ3) is 4.69. The maximum Gasteiger partial charge on any atom is 0.295 e. The highest BCUT2D eigenvalue weighted by atomic mass is 32.2. The molecule has 0 aliphatic heterocycles. The van der Waals surface area contributed by atoms with Crippen LogP contribution < -0.4 is 4.74 Å². The van der Waals surface area contributed by atoms with Gasteiger partial charge in [0.05, 0.1) is 12.7 Å². The zero-order valence-electron chi connectivity index (χ0n) is 18.3. The van der Waals surface area contributed by atoms with Crippen LogP contribution in [-0.4, -0.2) is 39.3 Å². The van der Waals surface area contributed by atoms with Gasteiger partial charge in [0.2, 0.25) is 0 Å². The lowest BCUT2D eigenvalue weighted by molar-refractivity contribution is 0.112. The van der Waals surface area contributed by atoms with E-state index in [1.165, 1.54) is 43.5 Å². The molecule has 0 bridgehead atoms. The smallest absolute Gasteiger partial charge is 0.295 e. The monoisotopic (exact) mass is 490 g/mol. The molecule has 0 radical (unpaired) electrons. The fraction of sp³-hybridized carbons (Fsp3) is 0.174. The number of carbonyl (C=O) groups is 1. The van der Waals surface area contributed by atoms with Gasteiger partial charge in [-0.25, -0.2) is 0 Å². The van der Waals surface area contributed by atoms with E-state index in [-0.39, 0.29) is 32.9 Å². The minimum atomic E-state index is -4.66. The molecule has 0 heterocycles. The van der Waals surface area contributed by atoms with Crippen molar-refractivity contribution in [1.82, 2.24) is 0 Å². The van der Waals surface area contributed by atoms with E-state index in [0.717, 1.165) is 0 Å². The SMILES string of the molecule is COc1c(C)c(-c2cc(C)ccc2S(=O)(=O)O)cc(-c2cc(C)ccc2S(=O)(=O)O)c1C=O. The van der Waals surface area contributed by atoms with Crippen molar-refractivity contribution in [1.29, 1.82) is 0 Å². The first-order chi connectivity index (χ1) is 15.3. The van der Waals surface area contributed by atoms with Crippen LogP contribution in [0.2, 0.25) is 0 Å². The molecule has 8 nitrogen and oxygen atoms in total. The highest BCUT2D eigenvalue weighted by molar-refractivity contribution is 7.86. The molecule has 0 aliphatic rings. The zero-order chi connectivity index (χ0) is 24.7. The molecule has 0 saturated heterocycles. The number of aryl methyl sites for hydroxylation is 2. The molecule has 0 fully saturated rings. The van der Waals surface area contributed by atoms with Gasteiger partial charge < -0.3 is 4.74 Å². The van der Waals surface area contributed by atoms with E-state index in [4.69, 9.17) is 4.74 Å². The summed E-state index contributed by atoms with van der Waals surface area (Å²) >= 11 is 0. The Balaban J connectivity index is 2.56. The van der Waals surface area contributed by atoms with Crippen molar-refractivity contribution in [2.75, 3.05) is 7.11 Å². The second kappa shape index (κ2) is 8.71. The summed E-state index contributed by atoms with van der Waals surface area (Å²) in [5.41, 5.74) is 2.38. The molecular weight excluding hydrogens is 468 g/mol. The molecule has 3 aromatic rings. The largest absolute Gasteiger partial charge is 0.496 e. The fourth-order valence-corrected chi connectivity index (χ4v) is 5.19. The molecule has 174 valence electrons. The first-order valence-electron chi connectivity index (χ1n) is 9.63. The summed E-state index contributed by atoms with van der Waals surface area (Å²) in [5.74, 6) is 0.100. The summed E-state index contributed by atoms with van der Waals surface area (Å²) in [6.07, 6.45) is 0.501. The van der Waals surface area contributed by atoms with Crippen LogP contribution in [0.15, 0.2) is 52.3 Å². The van der Waals surface area contributed by atoms with E-state index in [9.17, 15) is 30.7 Å². The highest BCUT2D eigenvalue weighted by Gasteiger charge is 2.26. The minimum Gasteiger partial charge on any atom is -0.496 e. The van der Waals surface area contributed by atoms with Gasteiger partial charge in [-0.05, 0) is 55.7 Å². The number of aldehydes is 1. The van der Waals surface area contributed by atoms with E-state index in [2.05, 4.69) is 0 Å². The van der Waals surface area contributed by atoms with Crippen molar-refractivity contribution >= 4 is 26.5 Å². The summed E-state index contributed by atoms with van der Waals surface area (Å²) in [6.45, 7) is 5.06. The number of methoxy groups -OCH3 is 1. The molecule has 0 aliphatic carbocycles. The van der Waals surface area contributed by atoms with Crippen LogP contribution in [0.3, 0.4) is 0 Å². The van der Waals surface area contributed by atoms with E-state index >= 15 is 0 Å². The molecule has 33 heavy (non-hydrogen) atoms. The van der Waals surface area contributed by atoms with Gasteiger partial charge in [-0.1, -0.05) is 35.4 Å². The van der Waals surface area contributed by atoms with Gasteiger partial charge in [0.25, 0.3) is 20.2 Å². The molecule has 0 atom stereocenters. The highest BCUT2D eigenvalue weighted by Crippen LogP contribution is 2.43. The third-order valence-corrected chi connectivity index (χ3v) is 7.12. The Hall–Kier alpha value is -3.05. The Kier molecular flexibility index (Phi) is 6.49. The molecule has 10 heteroatoms. The quantitative estimate of drug-likeness (QED) is 0.386. The number of ether oxygens (including phenoxy) is 1. The molecule has 0 spiro atoms. The number of benzene rings is 3. The Labute approximate surface area is 192 Å². The van der Waals surface area contributed by atoms with Crippen LogP contribution in [0.1, 0.15) is 27.0 Å². The van der Waals surface area contributed by atoms with Crippen LogP contribution in [0.25, 0.3) is 22.3 Å². The van der Waals surface area contributed by atoms with Gasteiger partial charge in [0, 0.05) is 11.1 Å². The molecule has 0 saturated carbocycles. The van der Waals surface area contributed by atoms with Crippen molar-refractivity contribution in [3.8, 4) is 28.0 Å². The van der Waals surface area contributed by atoms with Crippen LogP contribution in [0.5, 0.6) is 5.75 Å². The van der Waals surface area contributed by atoms with Gasteiger partial charge in [-0.2, -0.15) is 16.8 Å². The molecule has 0 amide bonds. The Bertz CT molecular complexity index is 1490. The number of rotatable bonds is 6. The Morgan fingerprint density at radius 3 is 1.58 bits per heavy atom. The number of hydrogen-bond donors (Lipinski definition) is 2. The average molecular weight is 491 g/mol. The van der Waals surface area contributed by atoms with Crippen LogP contribution in [0, 0.1) is 20.8 Å². The number of hydrogen-bond acceptors (Lipinski definition) is 6. The van der Waals surface area contributed by atoms with Gasteiger partial charge in [-0.15, -0.1) is 0 Å². The van der Waals surface area contributed by atoms with Crippen LogP contribution in [0.4, 0.5) is 0 Å². The molecule has 0 aromatic heterocycles. The normalized spacial score (nSPS) is 11.9. The topological polar surface area (TPSA) is 135 Å². The first-order valence-corrected chi connectivity index (χ1v) is 12.5. The van der Waals surface area contributed by atoms with Crippen LogP contribution in [-0.2, 0) is 20.2 Å². The maximum absolute atomic E-state index is 12.1. The van der Waals surface area contributed by atoms with Crippen molar-refractivity contribution in [2.45, 2.75) is 30.6 Å². The van der Waals surface area contributed by atoms with Crippen molar-refractivity contribution in [3.05, 3.63) is 64.7 Å². The Morgan fingerprint density at radius 2 is 1.18 bits per heavy atom. The van der Waals surface area contributed by atoms with E-state index in [1.807, 2.05) is 0 Å². The summed E-state index contributed by atoms with van der Waals surface area (Å²) in [6, 6.07) is 9.99. The van der Waals surface area contributed by atoms with Gasteiger partial charge in [-0.3, -0.25) is 13.9 Å². The second-order valence-corrected chi connectivity index (χ2v) is 10.4. The average Bonchev–Trinajstić information content (AvgIpc) is 2.71. The molecule has 2 N–H and O–H groups in total. The Morgan fingerprint density at radius 1 is 0.727 bits per heavy atom. The third-order valence-electron chi connectivity index (χ3n) is 5.30. The lowest BCUT2D eigenvalue weighted by Crippen LogP contribution is -2.06. The van der Waals surface area contributed by atoms with Crippen molar-refractivity contribution < 1.29 is 35.5 Å². The number of carbonyl (C=O) groups excluding carboxylic acids is 1. The summed E-state index contributed by atoms with van der Waals surface area (Å²) in [7, 11) is -7.95. The van der Waals surface area contributed by atoms with E-state index in [1.54, 1.807) is 26.8 Å². The minimum absolute atomic E-state index is 0.0234. The summed E-state index contributed by atoms with van der Waals surface area (Å²) < 4.78 is 73.3. The van der Waals surface area contributed by atoms with Gasteiger partial charge in [0.15, 0.2) is 6.29 Å². The zero-order valence-corrected chi connectivity index (χ0v) is 19.9. The predicted octanol–water partition coefficient (Wildman–Crippen LogP) is 4.26. The lowest BCUT2D eigenvalue weighted by Gasteiger charge is -2.20. The molecule has 3 aromatic carbocycles. The van der Waals surface area contributed by atoms with Crippen molar-refractivity contribution in [3.63, 3.8) is 0 Å². The standard InChI is InChI=1S/C23H22O8S2/c1-13-5-7-21(32(25,26)27)18(9-13)16-11-17(20(12-24)23(31-4)15(16)3)19-10-14(2)6-8-22(19)33(28,29)30/h5-12H,1-4H3,(H,25,26,27)(H,28,29,30). The molecular formula is C23H22O8S2. The first kappa shape index (κ1) is 24.6. The summed E-state index contributed by atoms with van der Waals surface area (Å²) in [5, 5.41) is 0. The van der Waals surface area contributed by atoms with Gasteiger partial charge >= 0.3 is 0 Å². The van der Waals surface area contributed by atoms with E-state index < -0.39 is 25.1 Å². The van der Waals surface area contributed by atoms with E-state index in [0.29, 0.717) is 28.5 Å². The second-order valence-electron chi connectivity index (χ2n) is 7.61.